The van der Waals surface area contributed by atoms with Crippen molar-refractivity contribution in [2.45, 2.75) is 63.5 Å². The summed E-state index contributed by atoms with van der Waals surface area (Å²) in [6.07, 6.45) is 10.9. The summed E-state index contributed by atoms with van der Waals surface area (Å²) in [5.41, 5.74) is 3.31. The molecular weight excluding hydrogens is 442 g/mol. The largest absolute Gasteiger partial charge is 0.336 e. The van der Waals surface area contributed by atoms with Gasteiger partial charge in [0.1, 0.15) is 0 Å². The molecule has 5 aliphatic carbocycles. The standard InChI is InChI=1S/C27H41N5OS/c1-29-24-3-2-22(17-23(24)25(28-29)27(33)32-8-10-34-11-9-32)30-4-6-31(7-5-30)26-20-13-18-12-19(15-20)16-21(26)14-18/h18-22,26H,2-17H2,1H3. The van der Waals surface area contributed by atoms with E-state index in [1.807, 2.05) is 28.4 Å². The molecule has 0 radical (unpaired) electrons. The third-order valence-electron chi connectivity index (χ3n) is 10.4. The number of carbonyl (C=O) groups is 1. The number of amides is 1. The van der Waals surface area contributed by atoms with E-state index in [-0.39, 0.29) is 5.91 Å². The molecule has 1 aromatic rings. The highest BCUT2D eigenvalue weighted by Gasteiger charge is 2.50. The number of carbonyl (C=O) groups excluding carboxylic acids is 1. The highest BCUT2D eigenvalue weighted by molar-refractivity contribution is 7.99. The molecule has 2 aliphatic heterocycles. The Kier molecular flexibility index (Phi) is 5.74. The van der Waals surface area contributed by atoms with E-state index < -0.39 is 0 Å². The van der Waals surface area contributed by atoms with E-state index in [1.165, 1.54) is 69.5 Å². The summed E-state index contributed by atoms with van der Waals surface area (Å²) >= 11 is 1.95. The molecule has 6 fully saturated rings. The third kappa shape index (κ3) is 3.76. The average molecular weight is 484 g/mol. The molecule has 8 rings (SSSR count). The Hall–Kier alpha value is -1.05. The van der Waals surface area contributed by atoms with Gasteiger partial charge < -0.3 is 4.90 Å². The number of piperazine rings is 1. The minimum atomic E-state index is 0.171. The maximum absolute atomic E-state index is 13.3. The fourth-order valence-corrected chi connectivity index (χ4v) is 9.97. The Labute approximate surface area is 208 Å². The predicted molar refractivity (Wildman–Crippen MR) is 136 cm³/mol. The molecule has 7 aliphatic rings. The molecule has 6 nitrogen and oxygen atoms in total. The van der Waals surface area contributed by atoms with E-state index in [1.54, 1.807) is 6.42 Å². The molecule has 7 heteroatoms. The molecule has 0 N–H and O–H groups in total. The van der Waals surface area contributed by atoms with Crippen LogP contribution < -0.4 is 0 Å². The average Bonchev–Trinajstić information content (AvgIpc) is 3.19. The molecule has 1 aromatic heterocycles. The summed E-state index contributed by atoms with van der Waals surface area (Å²) < 4.78 is 2.00. The lowest BCUT2D eigenvalue weighted by Gasteiger charge is -2.58. The summed E-state index contributed by atoms with van der Waals surface area (Å²) in [6.45, 7) is 6.64. The normalized spacial score (nSPS) is 38.3. The van der Waals surface area contributed by atoms with Crippen molar-refractivity contribution in [2.75, 3.05) is 50.8 Å². The van der Waals surface area contributed by atoms with Gasteiger partial charge in [0, 0.05) is 81.2 Å². The number of aryl methyl sites for hydroxylation is 1. The second-order valence-corrected chi connectivity index (χ2v) is 13.4. The number of thioether (sulfide) groups is 1. The first kappa shape index (κ1) is 22.2. The van der Waals surface area contributed by atoms with E-state index >= 15 is 0 Å². The zero-order chi connectivity index (χ0) is 22.8. The fraction of sp³-hybridized carbons (Fsp3) is 0.852. The van der Waals surface area contributed by atoms with Crippen molar-refractivity contribution in [1.29, 1.82) is 0 Å². The van der Waals surface area contributed by atoms with Crippen LogP contribution in [0.3, 0.4) is 0 Å². The molecule has 1 atom stereocenters. The van der Waals surface area contributed by atoms with E-state index in [9.17, 15) is 4.79 Å². The second-order valence-electron chi connectivity index (χ2n) is 12.2. The Bertz CT molecular complexity index is 904. The van der Waals surface area contributed by atoms with E-state index in [2.05, 4.69) is 9.80 Å². The number of nitrogens with zero attached hydrogens (tertiary/aromatic N) is 5. The Balaban J connectivity index is 1.02. The van der Waals surface area contributed by atoms with Gasteiger partial charge in [0.2, 0.25) is 0 Å². The van der Waals surface area contributed by atoms with Gasteiger partial charge in [-0.05, 0) is 75.0 Å². The highest BCUT2D eigenvalue weighted by atomic mass is 32.2. The maximum Gasteiger partial charge on any atom is 0.274 e. The van der Waals surface area contributed by atoms with Crippen LogP contribution in [0.2, 0.25) is 0 Å². The van der Waals surface area contributed by atoms with Crippen LogP contribution >= 0.6 is 11.8 Å². The van der Waals surface area contributed by atoms with Crippen LogP contribution in [0.4, 0.5) is 0 Å². The second kappa shape index (κ2) is 8.81. The minimum Gasteiger partial charge on any atom is -0.336 e. The number of hydrogen-bond donors (Lipinski definition) is 0. The lowest BCUT2D eigenvalue weighted by atomic mass is 9.54. The molecule has 4 saturated carbocycles. The van der Waals surface area contributed by atoms with E-state index in [4.69, 9.17) is 5.10 Å². The monoisotopic (exact) mass is 483 g/mol. The lowest BCUT2D eigenvalue weighted by molar-refractivity contribution is -0.0794. The van der Waals surface area contributed by atoms with Crippen molar-refractivity contribution in [3.63, 3.8) is 0 Å². The molecule has 0 spiro atoms. The van der Waals surface area contributed by atoms with Crippen LogP contribution in [-0.4, -0.2) is 93.2 Å². The van der Waals surface area contributed by atoms with Crippen molar-refractivity contribution in [3.05, 3.63) is 17.0 Å². The molecule has 3 heterocycles. The fourth-order valence-electron chi connectivity index (χ4n) is 9.06. The van der Waals surface area contributed by atoms with Crippen LogP contribution in [0, 0.1) is 23.7 Å². The van der Waals surface area contributed by atoms with Gasteiger partial charge in [0.15, 0.2) is 5.69 Å². The van der Waals surface area contributed by atoms with Gasteiger partial charge in [-0.2, -0.15) is 16.9 Å². The smallest absolute Gasteiger partial charge is 0.274 e. The molecule has 186 valence electrons. The van der Waals surface area contributed by atoms with Crippen molar-refractivity contribution in [3.8, 4) is 0 Å². The highest BCUT2D eigenvalue weighted by Crippen LogP contribution is 2.55. The Morgan fingerprint density at radius 2 is 1.53 bits per heavy atom. The van der Waals surface area contributed by atoms with E-state index in [0.29, 0.717) is 6.04 Å². The van der Waals surface area contributed by atoms with Crippen LogP contribution in [-0.2, 0) is 19.9 Å². The van der Waals surface area contributed by atoms with Crippen LogP contribution in [0.15, 0.2) is 0 Å². The van der Waals surface area contributed by atoms with Gasteiger partial charge in [-0.1, -0.05) is 0 Å². The SMILES string of the molecule is Cn1nc(C(=O)N2CCSCC2)c2c1CCC(N1CCN(C3C4CC5CC(C4)CC3C5)CC1)C2. The molecule has 1 amide bonds. The summed E-state index contributed by atoms with van der Waals surface area (Å²) in [5, 5.41) is 4.75. The maximum atomic E-state index is 13.3. The van der Waals surface area contributed by atoms with Crippen molar-refractivity contribution >= 4 is 17.7 Å². The Morgan fingerprint density at radius 1 is 0.882 bits per heavy atom. The number of hydrogen-bond acceptors (Lipinski definition) is 5. The number of fused-ring (bicyclic) bond motifs is 1. The first-order valence-electron chi connectivity index (χ1n) is 14.0. The van der Waals surface area contributed by atoms with Gasteiger partial charge in [-0.25, -0.2) is 0 Å². The first-order valence-corrected chi connectivity index (χ1v) is 15.2. The van der Waals surface area contributed by atoms with Gasteiger partial charge in [-0.3, -0.25) is 19.3 Å². The quantitative estimate of drug-likeness (QED) is 0.662. The van der Waals surface area contributed by atoms with Gasteiger partial charge >= 0.3 is 0 Å². The first-order chi connectivity index (χ1) is 16.6. The van der Waals surface area contributed by atoms with Crippen molar-refractivity contribution < 1.29 is 4.79 Å². The van der Waals surface area contributed by atoms with Crippen molar-refractivity contribution in [2.24, 2.45) is 30.7 Å². The predicted octanol–water partition coefficient (Wildman–Crippen LogP) is 2.91. The molecule has 2 saturated heterocycles. The molecule has 0 aromatic carbocycles. The third-order valence-corrected chi connectivity index (χ3v) is 11.3. The van der Waals surface area contributed by atoms with Crippen LogP contribution in [0.1, 0.15) is 60.3 Å². The molecule has 34 heavy (non-hydrogen) atoms. The molecule has 1 unspecified atom stereocenters. The Morgan fingerprint density at radius 3 is 2.21 bits per heavy atom. The zero-order valence-corrected chi connectivity index (χ0v) is 21.6. The topological polar surface area (TPSA) is 44.6 Å². The van der Waals surface area contributed by atoms with Gasteiger partial charge in [0.25, 0.3) is 5.91 Å². The lowest BCUT2D eigenvalue weighted by Crippen LogP contribution is -2.61. The zero-order valence-electron chi connectivity index (χ0n) is 20.8. The minimum absolute atomic E-state index is 0.171. The molecule has 4 bridgehead atoms. The van der Waals surface area contributed by atoms with Crippen LogP contribution in [0.25, 0.3) is 0 Å². The summed E-state index contributed by atoms with van der Waals surface area (Å²) in [5.74, 6) is 6.40. The molecular formula is C27H41N5OS. The van der Waals surface area contributed by atoms with Gasteiger partial charge in [-0.15, -0.1) is 0 Å². The number of aromatic nitrogens is 2. The summed E-state index contributed by atoms with van der Waals surface area (Å²) in [7, 11) is 2.03. The van der Waals surface area contributed by atoms with Gasteiger partial charge in [0.05, 0.1) is 0 Å². The number of rotatable bonds is 3. The summed E-state index contributed by atoms with van der Waals surface area (Å²) in [6, 6.07) is 1.46. The van der Waals surface area contributed by atoms with E-state index in [0.717, 1.165) is 72.8 Å². The van der Waals surface area contributed by atoms with Crippen LogP contribution in [0.5, 0.6) is 0 Å². The summed E-state index contributed by atoms with van der Waals surface area (Å²) in [4.78, 5) is 21.0. The van der Waals surface area contributed by atoms with Crippen molar-refractivity contribution in [1.82, 2.24) is 24.5 Å².